The van der Waals surface area contributed by atoms with Crippen LogP contribution >= 0.6 is 11.8 Å². The highest BCUT2D eigenvalue weighted by Gasteiger charge is 2.25. The van der Waals surface area contributed by atoms with Crippen molar-refractivity contribution in [1.82, 2.24) is 19.8 Å². The van der Waals surface area contributed by atoms with Gasteiger partial charge in [-0.15, -0.1) is 0 Å². The number of nitrogens with zero attached hydrogens (tertiary/aromatic N) is 4. The molecule has 0 radical (unpaired) electrons. The number of anilines is 1. The maximum Gasteiger partial charge on any atom is 0.290 e. The van der Waals surface area contributed by atoms with E-state index < -0.39 is 0 Å². The second-order valence-corrected chi connectivity index (χ2v) is 8.47. The average Bonchev–Trinajstić information content (AvgIpc) is 3.28. The van der Waals surface area contributed by atoms with Gasteiger partial charge in [-0.1, -0.05) is 6.07 Å². The number of fused-ring (bicyclic) bond motifs is 1. The molecular formula is C22H23N5O2S. The molecule has 2 heterocycles. The molecule has 0 bridgehead atoms. The van der Waals surface area contributed by atoms with Crippen molar-refractivity contribution >= 4 is 45.7 Å². The number of rotatable bonds is 6. The summed E-state index contributed by atoms with van der Waals surface area (Å²) >= 11 is 0.918. The maximum atomic E-state index is 11.8. The lowest BCUT2D eigenvalue weighted by molar-refractivity contribution is -0.115. The number of imidazole rings is 1. The number of likely N-dealkylation sites (N-methyl/N-ethyl adjacent to an activating group) is 2. The zero-order chi connectivity index (χ0) is 21.3. The van der Waals surface area contributed by atoms with Crippen molar-refractivity contribution < 1.29 is 9.59 Å². The van der Waals surface area contributed by atoms with Gasteiger partial charge >= 0.3 is 0 Å². The first kappa shape index (κ1) is 20.2. The topological polar surface area (TPSA) is 70.5 Å². The van der Waals surface area contributed by atoms with Gasteiger partial charge in [0, 0.05) is 31.5 Å². The Balaban J connectivity index is 1.61. The smallest absolute Gasteiger partial charge is 0.290 e. The predicted molar refractivity (Wildman–Crippen MR) is 122 cm³/mol. The molecule has 1 aliphatic heterocycles. The number of carbonyl (C=O) groups is 2. The lowest BCUT2D eigenvalue weighted by Gasteiger charge is -2.21. The molecule has 1 aliphatic rings. The third-order valence-corrected chi connectivity index (χ3v) is 5.77. The summed E-state index contributed by atoms with van der Waals surface area (Å²) in [4.78, 5) is 32.5. The number of thioether (sulfide) groups is 1. The van der Waals surface area contributed by atoms with Gasteiger partial charge in [-0.2, -0.15) is 0 Å². The molecule has 30 heavy (non-hydrogen) atoms. The molecule has 0 unspecified atom stereocenters. The van der Waals surface area contributed by atoms with E-state index in [1.807, 2.05) is 22.8 Å². The summed E-state index contributed by atoms with van der Waals surface area (Å²) in [6.45, 7) is 1.94. The van der Waals surface area contributed by atoms with Gasteiger partial charge in [0.25, 0.3) is 11.1 Å². The molecule has 2 aromatic carbocycles. The van der Waals surface area contributed by atoms with Gasteiger partial charge < -0.3 is 9.80 Å². The number of imide groups is 1. The highest BCUT2D eigenvalue weighted by atomic mass is 32.2. The summed E-state index contributed by atoms with van der Waals surface area (Å²) in [5, 5.41) is 1.94. The van der Waals surface area contributed by atoms with E-state index in [2.05, 4.69) is 65.5 Å². The van der Waals surface area contributed by atoms with Gasteiger partial charge in [0.2, 0.25) is 0 Å². The van der Waals surface area contributed by atoms with Crippen LogP contribution in [0.25, 0.3) is 22.8 Å². The van der Waals surface area contributed by atoms with Crippen LogP contribution in [0.4, 0.5) is 10.5 Å². The monoisotopic (exact) mass is 421 g/mol. The summed E-state index contributed by atoms with van der Waals surface area (Å²) < 4.78 is 2.02. The Hall–Kier alpha value is -3.10. The molecule has 8 heteroatoms. The Morgan fingerprint density at radius 1 is 1.07 bits per heavy atom. The second kappa shape index (κ2) is 8.33. The molecule has 0 aliphatic carbocycles. The van der Waals surface area contributed by atoms with Gasteiger partial charge in [-0.25, -0.2) is 4.98 Å². The Morgan fingerprint density at radius 2 is 1.83 bits per heavy atom. The van der Waals surface area contributed by atoms with Gasteiger partial charge in [0.05, 0.1) is 15.9 Å². The second-order valence-electron chi connectivity index (χ2n) is 7.46. The number of hydrogen-bond donors (Lipinski definition) is 1. The molecule has 1 saturated heterocycles. The van der Waals surface area contributed by atoms with Crippen LogP contribution in [-0.2, 0) is 4.79 Å². The number of carbonyl (C=O) groups excluding carboxylic acids is 2. The van der Waals surface area contributed by atoms with Crippen molar-refractivity contribution in [2.75, 3.05) is 39.1 Å². The maximum absolute atomic E-state index is 11.8. The zero-order valence-corrected chi connectivity index (χ0v) is 17.9. The van der Waals surface area contributed by atoms with Crippen LogP contribution in [0.3, 0.4) is 0 Å². The standard InChI is InChI=1S/C22H23N5O2S/c1-25(2)10-11-26(3)16-5-7-17(8-6-16)27-14-23-18-9-4-15(12-19(18)27)13-20-21(28)24-22(29)30-20/h4-9,12-14H,10-11H2,1-3H3,(H,24,28,29). The molecule has 0 atom stereocenters. The molecule has 7 nitrogen and oxygen atoms in total. The fourth-order valence-corrected chi connectivity index (χ4v) is 3.92. The molecule has 0 saturated carbocycles. The van der Waals surface area contributed by atoms with Gasteiger partial charge in [0.15, 0.2) is 0 Å². The molecule has 2 amide bonds. The SMILES string of the molecule is CN(C)CCN(C)c1ccc(-n2cnc3ccc(C=C4SC(=O)NC4=O)cc32)cc1. The van der Waals surface area contributed by atoms with Crippen LogP contribution in [-0.4, -0.2) is 59.8 Å². The molecular weight excluding hydrogens is 398 g/mol. The van der Waals surface area contributed by atoms with Crippen molar-refractivity contribution in [2.24, 2.45) is 0 Å². The largest absolute Gasteiger partial charge is 0.373 e. The van der Waals surface area contributed by atoms with Gasteiger partial charge in [-0.05, 0) is 73.9 Å². The first-order valence-electron chi connectivity index (χ1n) is 9.59. The van der Waals surface area contributed by atoms with Gasteiger partial charge in [0.1, 0.15) is 6.33 Å². The molecule has 1 fully saturated rings. The summed E-state index contributed by atoms with van der Waals surface area (Å²) in [5.41, 5.74) is 4.81. The minimum Gasteiger partial charge on any atom is -0.373 e. The number of nitrogens with one attached hydrogen (secondary N) is 1. The number of benzene rings is 2. The number of aromatic nitrogens is 2. The fourth-order valence-electron chi connectivity index (χ4n) is 3.24. The highest BCUT2D eigenvalue weighted by Crippen LogP contribution is 2.27. The molecule has 0 spiro atoms. The minimum atomic E-state index is -0.354. The normalized spacial score (nSPS) is 15.4. The van der Waals surface area contributed by atoms with Crippen molar-refractivity contribution in [3.8, 4) is 5.69 Å². The van der Waals surface area contributed by atoms with E-state index in [9.17, 15) is 9.59 Å². The van der Waals surface area contributed by atoms with Crippen molar-refractivity contribution in [2.45, 2.75) is 0 Å². The first-order chi connectivity index (χ1) is 14.4. The van der Waals surface area contributed by atoms with Crippen LogP contribution < -0.4 is 10.2 Å². The summed E-state index contributed by atoms with van der Waals surface area (Å²) in [6, 6.07) is 14.1. The Kier molecular flexibility index (Phi) is 5.61. The first-order valence-corrected chi connectivity index (χ1v) is 10.4. The van der Waals surface area contributed by atoms with Crippen LogP contribution in [0.5, 0.6) is 0 Å². The van der Waals surface area contributed by atoms with Crippen molar-refractivity contribution in [1.29, 1.82) is 0 Å². The van der Waals surface area contributed by atoms with Crippen molar-refractivity contribution in [3.63, 3.8) is 0 Å². The quantitative estimate of drug-likeness (QED) is 0.616. The summed E-state index contributed by atoms with van der Waals surface area (Å²) in [5.74, 6) is -0.354. The lowest BCUT2D eigenvalue weighted by atomic mass is 10.1. The fraction of sp³-hybridized carbons (Fsp3) is 0.227. The zero-order valence-electron chi connectivity index (χ0n) is 17.1. The van der Waals surface area contributed by atoms with E-state index in [-0.39, 0.29) is 11.1 Å². The van der Waals surface area contributed by atoms with Crippen LogP contribution in [0.2, 0.25) is 0 Å². The lowest BCUT2D eigenvalue weighted by Crippen LogP contribution is -2.28. The van der Waals surface area contributed by atoms with E-state index in [1.54, 1.807) is 12.4 Å². The molecule has 1 N–H and O–H groups in total. The van der Waals surface area contributed by atoms with E-state index in [0.29, 0.717) is 4.91 Å². The Labute approximate surface area is 179 Å². The molecule has 1 aromatic heterocycles. The van der Waals surface area contributed by atoms with E-state index >= 15 is 0 Å². The third kappa shape index (κ3) is 4.24. The minimum absolute atomic E-state index is 0.340. The predicted octanol–water partition coefficient (Wildman–Crippen LogP) is 3.35. The molecule has 154 valence electrons. The van der Waals surface area contributed by atoms with Gasteiger partial charge in [-0.3, -0.25) is 19.5 Å². The van der Waals surface area contributed by atoms with E-state index in [1.165, 1.54) is 0 Å². The Morgan fingerprint density at radius 3 is 2.50 bits per heavy atom. The number of amides is 2. The summed E-state index contributed by atoms with van der Waals surface area (Å²) in [6.07, 6.45) is 3.53. The highest BCUT2D eigenvalue weighted by molar-refractivity contribution is 8.18. The van der Waals surface area contributed by atoms with E-state index in [4.69, 9.17) is 0 Å². The van der Waals surface area contributed by atoms with Crippen molar-refractivity contribution in [3.05, 3.63) is 59.3 Å². The molecule has 4 rings (SSSR count). The van der Waals surface area contributed by atoms with E-state index in [0.717, 1.165) is 52.8 Å². The summed E-state index contributed by atoms with van der Waals surface area (Å²) in [7, 11) is 6.23. The van der Waals surface area contributed by atoms with Crippen LogP contribution in [0.1, 0.15) is 5.56 Å². The molecule has 3 aromatic rings. The van der Waals surface area contributed by atoms with Crippen LogP contribution in [0.15, 0.2) is 53.7 Å². The average molecular weight is 422 g/mol. The Bertz CT molecular complexity index is 1130. The third-order valence-electron chi connectivity index (χ3n) is 4.96. The van der Waals surface area contributed by atoms with Crippen LogP contribution in [0, 0.1) is 0 Å². The number of hydrogen-bond acceptors (Lipinski definition) is 6.